The predicted octanol–water partition coefficient (Wildman–Crippen LogP) is 2.01. The highest BCUT2D eigenvalue weighted by molar-refractivity contribution is 6.16. The first-order chi connectivity index (χ1) is 9.97. The Morgan fingerprint density at radius 2 is 2.24 bits per heavy atom. The lowest BCUT2D eigenvalue weighted by Gasteiger charge is -2.10. The molecule has 0 saturated heterocycles. The maximum Gasteiger partial charge on any atom is 0.346 e. The van der Waals surface area contributed by atoms with E-state index in [2.05, 4.69) is 10.3 Å². The second-order valence-corrected chi connectivity index (χ2v) is 3.90. The van der Waals surface area contributed by atoms with Crippen LogP contribution in [0.25, 0.3) is 0 Å². The van der Waals surface area contributed by atoms with E-state index in [-0.39, 0.29) is 11.5 Å². The van der Waals surface area contributed by atoms with E-state index in [9.17, 15) is 9.59 Å². The third-order valence-electron chi connectivity index (χ3n) is 2.28. The van der Waals surface area contributed by atoms with Crippen molar-refractivity contribution in [2.75, 3.05) is 11.9 Å². The van der Waals surface area contributed by atoms with Crippen LogP contribution in [0.15, 0.2) is 28.8 Å². The number of aliphatic carboxylic acids is 1. The van der Waals surface area contributed by atoms with Gasteiger partial charge in [0.15, 0.2) is 0 Å². The molecule has 0 aromatic heterocycles. The van der Waals surface area contributed by atoms with Crippen LogP contribution in [0.1, 0.15) is 13.8 Å². The van der Waals surface area contributed by atoms with Crippen LogP contribution in [0.3, 0.4) is 0 Å². The van der Waals surface area contributed by atoms with Crippen LogP contribution in [0.4, 0.5) is 11.4 Å². The van der Waals surface area contributed by atoms with Gasteiger partial charge in [-0.15, -0.1) is 0 Å². The maximum atomic E-state index is 11.2. The number of benzene rings is 1. The molecule has 0 bridgehead atoms. The molecule has 1 aromatic rings. The van der Waals surface area contributed by atoms with Gasteiger partial charge in [0.1, 0.15) is 11.3 Å². The lowest BCUT2D eigenvalue weighted by Crippen LogP contribution is -2.07. The largest absolute Gasteiger partial charge is 0.492 e. The van der Waals surface area contributed by atoms with Gasteiger partial charge < -0.3 is 15.2 Å². The van der Waals surface area contributed by atoms with Crippen LogP contribution in [0, 0.1) is 5.41 Å². The highest BCUT2D eigenvalue weighted by atomic mass is 16.5. The van der Waals surface area contributed by atoms with Crippen LogP contribution in [0.5, 0.6) is 5.75 Å². The molecule has 0 atom stereocenters. The molecule has 0 saturated carbocycles. The van der Waals surface area contributed by atoms with Gasteiger partial charge in [0.05, 0.1) is 24.2 Å². The third-order valence-corrected chi connectivity index (χ3v) is 2.28. The number of carboxylic acids is 1. The minimum absolute atomic E-state index is 0.261. The zero-order chi connectivity index (χ0) is 15.8. The summed E-state index contributed by atoms with van der Waals surface area (Å²) in [5, 5.41) is 18.2. The average Bonchev–Trinajstić information content (AvgIpc) is 2.41. The SMILES string of the molecule is CCOc1ccc(N=CC(=C=N)C(=O)O)cc1NC(C)=O. The standard InChI is InChI=1S/C14H15N3O4/c1-3-21-13-5-4-11(6-12(13)17-9(2)18)16-8-10(7-15)14(19)20/h4-6,8,15H,3H2,1-2H3,(H,17,18)(H,19,20). The monoisotopic (exact) mass is 289 g/mol. The molecule has 1 amide bonds. The molecular formula is C14H15N3O4. The molecule has 0 unspecified atom stereocenters. The van der Waals surface area contributed by atoms with Crippen molar-refractivity contribution in [2.45, 2.75) is 13.8 Å². The molecule has 0 radical (unpaired) electrons. The van der Waals surface area contributed by atoms with Gasteiger partial charge >= 0.3 is 5.97 Å². The first-order valence-electron chi connectivity index (χ1n) is 6.09. The number of carbonyl (C=O) groups is 2. The molecule has 0 aliphatic rings. The van der Waals surface area contributed by atoms with Gasteiger partial charge in [0.2, 0.25) is 5.91 Å². The second-order valence-electron chi connectivity index (χ2n) is 3.90. The molecule has 0 heterocycles. The smallest absolute Gasteiger partial charge is 0.346 e. The lowest BCUT2D eigenvalue weighted by molar-refractivity contribution is -0.131. The minimum Gasteiger partial charge on any atom is -0.492 e. The van der Waals surface area contributed by atoms with Crippen molar-refractivity contribution >= 4 is 35.3 Å². The molecule has 7 heteroatoms. The van der Waals surface area contributed by atoms with Gasteiger partial charge in [0, 0.05) is 6.92 Å². The summed E-state index contributed by atoms with van der Waals surface area (Å²) in [6, 6.07) is 4.78. The number of rotatable bonds is 6. The van der Waals surface area contributed by atoms with E-state index >= 15 is 0 Å². The lowest BCUT2D eigenvalue weighted by atomic mass is 10.2. The van der Waals surface area contributed by atoms with Gasteiger partial charge in [-0.05, 0) is 31.0 Å². The fourth-order valence-corrected chi connectivity index (χ4v) is 1.45. The number of amides is 1. The Morgan fingerprint density at radius 1 is 1.52 bits per heavy atom. The number of carboxylic acid groups (broad SMARTS) is 1. The average molecular weight is 289 g/mol. The Morgan fingerprint density at radius 3 is 2.76 bits per heavy atom. The summed E-state index contributed by atoms with van der Waals surface area (Å²) in [6.07, 6.45) is 1.02. The molecule has 0 fully saturated rings. The van der Waals surface area contributed by atoms with Gasteiger partial charge in [-0.1, -0.05) is 0 Å². The molecule has 21 heavy (non-hydrogen) atoms. The van der Waals surface area contributed by atoms with Crippen molar-refractivity contribution in [1.29, 1.82) is 5.41 Å². The fourth-order valence-electron chi connectivity index (χ4n) is 1.45. The summed E-state index contributed by atoms with van der Waals surface area (Å²) in [6.45, 7) is 3.62. The van der Waals surface area contributed by atoms with Crippen LogP contribution >= 0.6 is 0 Å². The van der Waals surface area contributed by atoms with E-state index < -0.39 is 5.97 Å². The van der Waals surface area contributed by atoms with Crippen molar-refractivity contribution in [1.82, 2.24) is 0 Å². The fraction of sp³-hybridized carbons (Fsp3) is 0.214. The Balaban J connectivity index is 3.09. The number of hydrogen-bond donors (Lipinski definition) is 3. The van der Waals surface area contributed by atoms with E-state index in [0.717, 1.165) is 6.21 Å². The second kappa shape index (κ2) is 7.62. The topological polar surface area (TPSA) is 112 Å². The summed E-state index contributed by atoms with van der Waals surface area (Å²) in [5.41, 5.74) is 0.482. The number of aliphatic imine (C=N–C) groups is 1. The van der Waals surface area contributed by atoms with Crippen molar-refractivity contribution in [3.63, 3.8) is 0 Å². The Hall–Kier alpha value is -2.92. The number of nitrogens with zero attached hydrogens (tertiary/aromatic N) is 1. The van der Waals surface area contributed by atoms with Crippen molar-refractivity contribution in [3.05, 3.63) is 23.8 Å². The van der Waals surface area contributed by atoms with Crippen LogP contribution < -0.4 is 10.1 Å². The molecule has 0 aliphatic heterocycles. The number of anilines is 1. The van der Waals surface area contributed by atoms with E-state index in [1.807, 2.05) is 6.92 Å². The van der Waals surface area contributed by atoms with Crippen molar-refractivity contribution in [2.24, 2.45) is 4.99 Å². The van der Waals surface area contributed by atoms with E-state index in [1.54, 1.807) is 24.1 Å². The zero-order valence-electron chi connectivity index (χ0n) is 11.6. The number of carbonyl (C=O) groups excluding carboxylic acids is 1. The molecule has 7 nitrogen and oxygen atoms in total. The van der Waals surface area contributed by atoms with E-state index in [4.69, 9.17) is 15.3 Å². The van der Waals surface area contributed by atoms with Crippen LogP contribution in [-0.4, -0.2) is 35.7 Å². The highest BCUT2D eigenvalue weighted by Gasteiger charge is 2.07. The van der Waals surface area contributed by atoms with E-state index in [0.29, 0.717) is 23.7 Å². The van der Waals surface area contributed by atoms with Crippen molar-refractivity contribution in [3.8, 4) is 5.75 Å². The van der Waals surface area contributed by atoms with Crippen LogP contribution in [-0.2, 0) is 9.59 Å². The zero-order valence-corrected chi connectivity index (χ0v) is 11.6. The summed E-state index contributed by atoms with van der Waals surface area (Å²) in [4.78, 5) is 25.8. The normalized spacial score (nSPS) is 10.0. The van der Waals surface area contributed by atoms with E-state index in [1.165, 1.54) is 6.92 Å². The highest BCUT2D eigenvalue weighted by Crippen LogP contribution is 2.29. The minimum atomic E-state index is -1.29. The molecule has 0 spiro atoms. The quantitative estimate of drug-likeness (QED) is 0.549. The van der Waals surface area contributed by atoms with Gasteiger partial charge in [-0.25, -0.2) is 4.79 Å². The summed E-state index contributed by atoms with van der Waals surface area (Å²) < 4.78 is 5.37. The summed E-state index contributed by atoms with van der Waals surface area (Å²) in [7, 11) is 0. The summed E-state index contributed by atoms with van der Waals surface area (Å²) >= 11 is 0. The number of hydrogen-bond acceptors (Lipinski definition) is 5. The molecule has 3 N–H and O–H groups in total. The maximum absolute atomic E-state index is 11.2. The first-order valence-corrected chi connectivity index (χ1v) is 6.09. The van der Waals surface area contributed by atoms with Gasteiger partial charge in [0.25, 0.3) is 0 Å². The Kier molecular flexibility index (Phi) is 5.85. The molecule has 110 valence electrons. The van der Waals surface area contributed by atoms with Crippen LogP contribution in [0.2, 0.25) is 0 Å². The Labute approximate surface area is 121 Å². The molecule has 1 rings (SSSR count). The predicted molar refractivity (Wildman–Crippen MR) is 78.9 cm³/mol. The van der Waals surface area contributed by atoms with Gasteiger partial charge in [-0.3, -0.25) is 15.2 Å². The number of ether oxygens (including phenoxy) is 1. The first kappa shape index (κ1) is 16.1. The third kappa shape index (κ3) is 4.93. The van der Waals surface area contributed by atoms with Gasteiger partial charge in [-0.2, -0.15) is 0 Å². The molecular weight excluding hydrogens is 274 g/mol. The molecule has 1 aromatic carbocycles. The van der Waals surface area contributed by atoms with Crippen molar-refractivity contribution < 1.29 is 19.4 Å². The summed E-state index contributed by atoms with van der Waals surface area (Å²) in [5.74, 6) is 0.715. The number of nitrogens with one attached hydrogen (secondary N) is 2. The molecule has 0 aliphatic carbocycles. The Bertz CT molecular complexity index is 631.